The van der Waals surface area contributed by atoms with E-state index < -0.39 is 11.9 Å². The van der Waals surface area contributed by atoms with Crippen LogP contribution in [-0.4, -0.2) is 23.0 Å². The molecule has 2 rings (SSSR count). The number of carbonyl (C=O) groups excluding carboxylic acids is 2. The minimum absolute atomic E-state index is 0.0974. The first-order valence-electron chi connectivity index (χ1n) is 8.31. The smallest absolute Gasteiger partial charge is 0.337 e. The average Bonchev–Trinajstić information content (AvgIpc) is 2.54. The predicted octanol–water partition coefficient (Wildman–Crippen LogP) is 3.61. The summed E-state index contributed by atoms with van der Waals surface area (Å²) in [7, 11) is 0. The van der Waals surface area contributed by atoms with Crippen LogP contribution < -0.4 is 10.1 Å². The van der Waals surface area contributed by atoms with Gasteiger partial charge in [0.05, 0.1) is 11.3 Å². The van der Waals surface area contributed by atoms with Gasteiger partial charge in [0.2, 0.25) is 5.91 Å². The van der Waals surface area contributed by atoms with E-state index >= 15 is 0 Å². The Morgan fingerprint density at radius 2 is 1.92 bits per heavy atom. The van der Waals surface area contributed by atoms with Crippen LogP contribution in [-0.2, 0) is 9.59 Å². The summed E-state index contributed by atoms with van der Waals surface area (Å²) >= 11 is 0. The van der Waals surface area contributed by atoms with Gasteiger partial charge < -0.3 is 15.2 Å². The van der Waals surface area contributed by atoms with Crippen molar-refractivity contribution >= 4 is 23.5 Å². The zero-order valence-corrected chi connectivity index (χ0v) is 13.8. The van der Waals surface area contributed by atoms with E-state index in [0.29, 0.717) is 12.3 Å². The number of carboxylic acid groups (broad SMARTS) is 1. The first-order chi connectivity index (χ1) is 11.5. The number of hydrogen-bond donors (Lipinski definition) is 2. The Labute approximate surface area is 141 Å². The van der Waals surface area contributed by atoms with Crippen LogP contribution in [0.3, 0.4) is 0 Å². The number of aromatic carboxylic acids is 1. The minimum Gasteiger partial charge on any atom is -0.478 e. The van der Waals surface area contributed by atoms with Crippen molar-refractivity contribution in [2.75, 3.05) is 5.32 Å². The largest absolute Gasteiger partial charge is 0.478 e. The van der Waals surface area contributed by atoms with Crippen molar-refractivity contribution in [1.29, 1.82) is 0 Å². The van der Waals surface area contributed by atoms with Gasteiger partial charge in [0, 0.05) is 13.3 Å². The lowest BCUT2D eigenvalue weighted by molar-refractivity contribution is -0.131. The Morgan fingerprint density at radius 3 is 2.54 bits per heavy atom. The predicted molar refractivity (Wildman–Crippen MR) is 89.1 cm³/mol. The molecule has 6 heteroatoms. The number of esters is 1. The van der Waals surface area contributed by atoms with E-state index in [1.54, 1.807) is 0 Å². The first kappa shape index (κ1) is 18.0. The van der Waals surface area contributed by atoms with Crippen molar-refractivity contribution in [1.82, 2.24) is 0 Å². The van der Waals surface area contributed by atoms with Crippen molar-refractivity contribution in [2.24, 2.45) is 5.92 Å². The zero-order chi connectivity index (χ0) is 17.5. The van der Waals surface area contributed by atoms with Gasteiger partial charge in [-0.25, -0.2) is 4.79 Å². The maximum absolute atomic E-state index is 12.1. The fraction of sp³-hybridized carbons (Fsp3) is 0.500. The van der Waals surface area contributed by atoms with Crippen LogP contribution in [0, 0.1) is 5.92 Å². The van der Waals surface area contributed by atoms with Gasteiger partial charge in [-0.3, -0.25) is 9.59 Å². The van der Waals surface area contributed by atoms with Gasteiger partial charge in [-0.2, -0.15) is 0 Å². The minimum atomic E-state index is -1.19. The van der Waals surface area contributed by atoms with Crippen LogP contribution in [0.15, 0.2) is 18.2 Å². The molecular formula is C18H23NO5. The molecule has 1 aromatic carbocycles. The second-order valence-corrected chi connectivity index (χ2v) is 6.20. The lowest BCUT2D eigenvalue weighted by Gasteiger charge is -2.21. The number of rotatable bonds is 6. The number of nitrogens with one attached hydrogen (secondary N) is 1. The highest BCUT2D eigenvalue weighted by atomic mass is 16.5. The van der Waals surface area contributed by atoms with E-state index in [1.165, 1.54) is 57.2 Å². The fourth-order valence-corrected chi connectivity index (χ4v) is 3.06. The van der Waals surface area contributed by atoms with Crippen molar-refractivity contribution in [3.05, 3.63) is 23.8 Å². The standard InChI is InChI=1S/C18H23NO5/c1-12(20)24-14-8-9-16(15(11-14)18(22)23)19-17(21)10-7-13-5-3-2-4-6-13/h8-9,11,13H,2-7,10H2,1H3,(H,19,21)(H,22,23). The van der Waals surface area contributed by atoms with Crippen LogP contribution in [0.1, 0.15) is 62.2 Å². The molecule has 0 bridgehead atoms. The Bertz CT molecular complexity index is 620. The van der Waals surface area contributed by atoms with Gasteiger partial charge in [-0.15, -0.1) is 0 Å². The van der Waals surface area contributed by atoms with Crippen LogP contribution in [0.4, 0.5) is 5.69 Å². The molecule has 0 heterocycles. The van der Waals surface area contributed by atoms with Crippen molar-refractivity contribution in [3.8, 4) is 5.75 Å². The van der Waals surface area contributed by atoms with Crippen molar-refractivity contribution < 1.29 is 24.2 Å². The molecule has 0 unspecified atom stereocenters. The van der Waals surface area contributed by atoms with Crippen LogP contribution in [0.2, 0.25) is 0 Å². The van der Waals surface area contributed by atoms with Gasteiger partial charge in [-0.1, -0.05) is 32.1 Å². The number of hydrogen-bond acceptors (Lipinski definition) is 4. The molecule has 1 aromatic rings. The number of benzene rings is 1. The summed E-state index contributed by atoms with van der Waals surface area (Å²) in [5.74, 6) is -1.18. The highest BCUT2D eigenvalue weighted by Gasteiger charge is 2.17. The van der Waals surface area contributed by atoms with E-state index in [1.807, 2.05) is 0 Å². The molecule has 0 aliphatic heterocycles. The lowest BCUT2D eigenvalue weighted by Crippen LogP contribution is -2.17. The second-order valence-electron chi connectivity index (χ2n) is 6.20. The molecule has 1 aliphatic rings. The quantitative estimate of drug-likeness (QED) is 0.613. The molecule has 0 spiro atoms. The van der Waals surface area contributed by atoms with E-state index in [0.717, 1.165) is 6.42 Å². The summed E-state index contributed by atoms with van der Waals surface area (Å²) in [6.07, 6.45) is 7.30. The molecule has 0 radical (unpaired) electrons. The fourth-order valence-electron chi connectivity index (χ4n) is 3.06. The third-order valence-corrected chi connectivity index (χ3v) is 4.26. The van der Waals surface area contributed by atoms with E-state index in [2.05, 4.69) is 5.32 Å². The monoisotopic (exact) mass is 333 g/mol. The second kappa shape index (κ2) is 8.47. The van der Waals surface area contributed by atoms with Gasteiger partial charge in [-0.05, 0) is 30.5 Å². The average molecular weight is 333 g/mol. The maximum Gasteiger partial charge on any atom is 0.337 e. The molecule has 1 saturated carbocycles. The Hall–Kier alpha value is -2.37. The molecule has 1 fully saturated rings. The third-order valence-electron chi connectivity index (χ3n) is 4.26. The third kappa shape index (κ3) is 5.37. The van der Waals surface area contributed by atoms with Crippen LogP contribution in [0.25, 0.3) is 0 Å². The topological polar surface area (TPSA) is 92.7 Å². The van der Waals surface area contributed by atoms with Crippen molar-refractivity contribution in [3.63, 3.8) is 0 Å². The van der Waals surface area contributed by atoms with Gasteiger partial charge in [0.15, 0.2) is 0 Å². The number of amides is 1. The summed E-state index contributed by atoms with van der Waals surface area (Å²) in [6.45, 7) is 1.24. The highest BCUT2D eigenvalue weighted by Crippen LogP contribution is 2.28. The normalized spacial score (nSPS) is 14.9. The number of carboxylic acids is 1. The van der Waals surface area contributed by atoms with Gasteiger partial charge in [0.1, 0.15) is 5.75 Å². The summed E-state index contributed by atoms with van der Waals surface area (Å²) in [4.78, 5) is 34.4. The van der Waals surface area contributed by atoms with Gasteiger partial charge >= 0.3 is 11.9 Å². The maximum atomic E-state index is 12.1. The lowest BCUT2D eigenvalue weighted by atomic mass is 9.86. The molecular weight excluding hydrogens is 310 g/mol. The van der Waals surface area contributed by atoms with Crippen LogP contribution >= 0.6 is 0 Å². The molecule has 6 nitrogen and oxygen atoms in total. The van der Waals surface area contributed by atoms with Crippen LogP contribution in [0.5, 0.6) is 5.75 Å². The van der Waals surface area contributed by atoms with Crippen molar-refractivity contribution in [2.45, 2.75) is 51.9 Å². The molecule has 1 aliphatic carbocycles. The molecule has 1 amide bonds. The molecule has 0 atom stereocenters. The SMILES string of the molecule is CC(=O)Oc1ccc(NC(=O)CCC2CCCCC2)c(C(=O)O)c1. The summed E-state index contributed by atoms with van der Waals surface area (Å²) in [5.41, 5.74) is 0.117. The van der Waals surface area contributed by atoms with Gasteiger partial charge in [0.25, 0.3) is 0 Å². The Kier molecular flexibility index (Phi) is 6.35. The van der Waals surface area contributed by atoms with E-state index in [9.17, 15) is 19.5 Å². The molecule has 2 N–H and O–H groups in total. The molecule has 0 aromatic heterocycles. The van der Waals surface area contributed by atoms with E-state index in [4.69, 9.17) is 4.74 Å². The first-order valence-corrected chi connectivity index (χ1v) is 8.31. The highest BCUT2D eigenvalue weighted by molar-refractivity contribution is 6.01. The van der Waals surface area contributed by atoms with E-state index in [-0.39, 0.29) is 22.9 Å². The Morgan fingerprint density at radius 1 is 1.21 bits per heavy atom. The number of ether oxygens (including phenoxy) is 1. The summed E-state index contributed by atoms with van der Waals surface area (Å²) in [6, 6.07) is 4.14. The molecule has 130 valence electrons. The molecule has 24 heavy (non-hydrogen) atoms. The molecule has 0 saturated heterocycles. The number of anilines is 1. The zero-order valence-electron chi connectivity index (χ0n) is 13.8. The summed E-state index contributed by atoms with van der Waals surface area (Å²) in [5, 5.41) is 11.9. The summed E-state index contributed by atoms with van der Waals surface area (Å²) < 4.78 is 4.88. The Balaban J connectivity index is 1.98. The number of carbonyl (C=O) groups is 3.